The van der Waals surface area contributed by atoms with Crippen LogP contribution in [0.1, 0.15) is 65.6 Å². The number of ketones is 2. The first-order chi connectivity index (χ1) is 18.2. The lowest BCUT2D eigenvalue weighted by Gasteiger charge is -2.19. The molecule has 2 atom stereocenters. The minimum Gasteiger partial charge on any atom is -0.300 e. The van der Waals surface area contributed by atoms with Gasteiger partial charge in [0.15, 0.2) is 5.78 Å². The molecule has 0 bridgehead atoms. The van der Waals surface area contributed by atoms with Crippen LogP contribution in [0.5, 0.6) is 0 Å². The summed E-state index contributed by atoms with van der Waals surface area (Å²) in [4.78, 5) is 24.3. The molecule has 2 nitrogen and oxygen atoms in total. The maximum atomic E-state index is 14.9. The zero-order valence-electron chi connectivity index (χ0n) is 20.4. The standard InChI is InChI=1S/C26H20ClF11O2/c1-13(8-16(39)6-7-24(30,31)32)9-23(40)17-4-2-15(10-19(17)26(36,37)38)21(28)12-18(25(33,34)35)14-3-5-20(27)22(29)11-14/h2-5,10-13,18H,6-9H2,1H3/b21-12-/t13-,18?/m1/s1. The first-order valence-electron chi connectivity index (χ1n) is 11.4. The smallest absolute Gasteiger partial charge is 0.300 e. The molecule has 0 N–H and O–H groups in total. The van der Waals surface area contributed by atoms with E-state index in [0.717, 1.165) is 12.1 Å². The van der Waals surface area contributed by atoms with Gasteiger partial charge in [-0.3, -0.25) is 9.59 Å². The molecule has 40 heavy (non-hydrogen) atoms. The molecule has 0 saturated carbocycles. The molecule has 0 heterocycles. The van der Waals surface area contributed by atoms with E-state index in [-0.39, 0.29) is 12.1 Å². The average Bonchev–Trinajstić information content (AvgIpc) is 2.80. The number of hydrogen-bond acceptors (Lipinski definition) is 2. The van der Waals surface area contributed by atoms with E-state index >= 15 is 0 Å². The van der Waals surface area contributed by atoms with Crippen LogP contribution in [0.25, 0.3) is 5.83 Å². The molecule has 2 rings (SSSR count). The van der Waals surface area contributed by atoms with Gasteiger partial charge >= 0.3 is 18.5 Å². The lowest BCUT2D eigenvalue weighted by Crippen LogP contribution is -2.19. The summed E-state index contributed by atoms with van der Waals surface area (Å²) in [5, 5.41) is -0.510. The maximum absolute atomic E-state index is 14.9. The second-order valence-electron chi connectivity index (χ2n) is 9.06. The summed E-state index contributed by atoms with van der Waals surface area (Å²) < 4.78 is 147. The third kappa shape index (κ3) is 9.60. The highest BCUT2D eigenvalue weighted by atomic mass is 35.5. The third-order valence-electron chi connectivity index (χ3n) is 5.67. The van der Waals surface area contributed by atoms with E-state index in [9.17, 15) is 57.9 Å². The van der Waals surface area contributed by atoms with Crippen molar-refractivity contribution in [2.45, 2.75) is 57.1 Å². The molecule has 1 unspecified atom stereocenters. The third-order valence-corrected chi connectivity index (χ3v) is 5.97. The van der Waals surface area contributed by atoms with Gasteiger partial charge in [-0.15, -0.1) is 0 Å². The zero-order valence-corrected chi connectivity index (χ0v) is 21.1. The quantitative estimate of drug-likeness (QED) is 0.199. The van der Waals surface area contributed by atoms with E-state index in [4.69, 9.17) is 11.6 Å². The number of benzene rings is 2. The molecule has 0 amide bonds. The van der Waals surface area contributed by atoms with Crippen molar-refractivity contribution in [3.05, 3.63) is 75.6 Å². The van der Waals surface area contributed by atoms with E-state index in [1.807, 2.05) is 0 Å². The molecular weight excluding hydrogens is 589 g/mol. The number of alkyl halides is 9. The first-order valence-corrected chi connectivity index (χ1v) is 11.8. The van der Waals surface area contributed by atoms with Crippen molar-refractivity contribution in [2.24, 2.45) is 5.92 Å². The molecule has 220 valence electrons. The van der Waals surface area contributed by atoms with E-state index in [1.165, 1.54) is 6.92 Å². The van der Waals surface area contributed by atoms with Crippen molar-refractivity contribution < 1.29 is 57.9 Å². The van der Waals surface area contributed by atoms with Gasteiger partial charge in [0.2, 0.25) is 0 Å². The summed E-state index contributed by atoms with van der Waals surface area (Å²) in [5.74, 6) is -8.68. The van der Waals surface area contributed by atoms with Gasteiger partial charge in [-0.1, -0.05) is 36.7 Å². The van der Waals surface area contributed by atoms with Crippen LogP contribution in [0.2, 0.25) is 5.02 Å². The number of rotatable bonds is 10. The van der Waals surface area contributed by atoms with E-state index in [2.05, 4.69) is 0 Å². The van der Waals surface area contributed by atoms with Crippen LogP contribution in [-0.4, -0.2) is 23.9 Å². The topological polar surface area (TPSA) is 34.1 Å². The summed E-state index contributed by atoms with van der Waals surface area (Å²) in [6, 6.07) is 3.30. The summed E-state index contributed by atoms with van der Waals surface area (Å²) >= 11 is 5.45. The number of allylic oxidation sites excluding steroid dienone is 1. The second-order valence-corrected chi connectivity index (χ2v) is 9.46. The fourth-order valence-electron chi connectivity index (χ4n) is 3.77. The Morgan fingerprint density at radius 1 is 0.925 bits per heavy atom. The van der Waals surface area contributed by atoms with Crippen LogP contribution in [0, 0.1) is 11.7 Å². The Kier molecular flexibility index (Phi) is 10.6. The highest BCUT2D eigenvalue weighted by molar-refractivity contribution is 6.30. The fourth-order valence-corrected chi connectivity index (χ4v) is 3.89. The molecule has 2 aromatic carbocycles. The predicted molar refractivity (Wildman–Crippen MR) is 124 cm³/mol. The predicted octanol–water partition coefficient (Wildman–Crippen LogP) is 9.66. The zero-order chi connectivity index (χ0) is 30.6. The first kappa shape index (κ1) is 33.2. The number of halogens is 12. The van der Waals surface area contributed by atoms with Crippen molar-refractivity contribution in [3.8, 4) is 0 Å². The van der Waals surface area contributed by atoms with Crippen LogP contribution in [-0.2, 0) is 11.0 Å². The average molecular weight is 609 g/mol. The normalized spacial score (nSPS) is 14.7. The molecule has 0 aliphatic heterocycles. The highest BCUT2D eigenvalue weighted by Crippen LogP contribution is 2.40. The summed E-state index contributed by atoms with van der Waals surface area (Å²) in [6.45, 7) is 1.27. The monoisotopic (exact) mass is 608 g/mol. The van der Waals surface area contributed by atoms with Crippen molar-refractivity contribution in [1.82, 2.24) is 0 Å². The molecule has 0 fully saturated rings. The van der Waals surface area contributed by atoms with Gasteiger partial charge in [0.05, 0.1) is 17.0 Å². The minimum atomic E-state index is -5.25. The highest BCUT2D eigenvalue weighted by Gasteiger charge is 2.41. The summed E-state index contributed by atoms with van der Waals surface area (Å²) in [7, 11) is 0. The van der Waals surface area contributed by atoms with Gasteiger partial charge in [0.25, 0.3) is 0 Å². The molecule has 2 aromatic rings. The van der Waals surface area contributed by atoms with Crippen molar-refractivity contribution >= 4 is 29.0 Å². The van der Waals surface area contributed by atoms with E-state index in [0.29, 0.717) is 18.2 Å². The van der Waals surface area contributed by atoms with Crippen LogP contribution in [0.15, 0.2) is 42.5 Å². The fraction of sp³-hybridized carbons (Fsp3) is 0.385. The Labute approximate surface area is 225 Å². The summed E-state index contributed by atoms with van der Waals surface area (Å²) in [6.07, 6.45) is -18.5. The van der Waals surface area contributed by atoms with Crippen molar-refractivity contribution in [2.75, 3.05) is 0 Å². The number of Topliss-reactive ketones (excluding diaryl/α,β-unsaturated/α-hetero) is 2. The second kappa shape index (κ2) is 12.7. The lowest BCUT2D eigenvalue weighted by molar-refractivity contribution is -0.143. The Bertz CT molecular complexity index is 1260. The van der Waals surface area contributed by atoms with Crippen LogP contribution in [0.4, 0.5) is 48.3 Å². The van der Waals surface area contributed by atoms with Gasteiger partial charge in [-0.25, -0.2) is 8.78 Å². The molecule has 0 saturated heterocycles. The number of carbonyl (C=O) groups excluding carboxylic acids is 2. The number of hydrogen-bond donors (Lipinski definition) is 0. The SMILES string of the molecule is C[C@H](CC(=O)CCC(F)(F)F)CC(=O)c1ccc(/C(F)=C/C(c2ccc(Cl)c(F)c2)C(F)(F)F)cc1C(F)(F)F. The van der Waals surface area contributed by atoms with Gasteiger partial charge < -0.3 is 0 Å². The van der Waals surface area contributed by atoms with Crippen LogP contribution < -0.4 is 0 Å². The number of carbonyl (C=O) groups is 2. The Balaban J connectivity index is 2.36. The van der Waals surface area contributed by atoms with Gasteiger partial charge in [-0.2, -0.15) is 39.5 Å². The van der Waals surface area contributed by atoms with E-state index < -0.39 is 107 Å². The van der Waals surface area contributed by atoms with Crippen molar-refractivity contribution in [3.63, 3.8) is 0 Å². The molecule has 14 heteroatoms. The molecular formula is C26H20ClF11O2. The van der Waals surface area contributed by atoms with Gasteiger partial charge in [0.1, 0.15) is 23.3 Å². The summed E-state index contributed by atoms with van der Waals surface area (Å²) in [5.41, 5.74) is -4.37. The Hall–Kier alpha value is -2.96. The molecule has 0 radical (unpaired) electrons. The molecule has 0 spiro atoms. The van der Waals surface area contributed by atoms with Gasteiger partial charge in [-0.05, 0) is 35.8 Å². The molecule has 0 aromatic heterocycles. The largest absolute Gasteiger partial charge is 0.417 e. The Morgan fingerprint density at radius 2 is 1.55 bits per heavy atom. The molecule has 0 aliphatic rings. The minimum absolute atomic E-state index is 0.0473. The Morgan fingerprint density at radius 3 is 2.08 bits per heavy atom. The van der Waals surface area contributed by atoms with Crippen LogP contribution in [0.3, 0.4) is 0 Å². The van der Waals surface area contributed by atoms with Crippen LogP contribution >= 0.6 is 11.6 Å². The maximum Gasteiger partial charge on any atom is 0.417 e. The molecule has 0 aliphatic carbocycles. The van der Waals surface area contributed by atoms with Gasteiger partial charge in [0, 0.05) is 30.4 Å². The van der Waals surface area contributed by atoms with E-state index in [1.54, 1.807) is 0 Å². The lowest BCUT2D eigenvalue weighted by atomic mass is 9.91. The van der Waals surface area contributed by atoms with Crippen molar-refractivity contribution in [1.29, 1.82) is 0 Å².